The molecule has 1 aromatic rings. The maximum Gasteiger partial charge on any atom is 0.251 e. The maximum atomic E-state index is 12.1. The van der Waals surface area contributed by atoms with Crippen LogP contribution in [0.4, 0.5) is 0 Å². The van der Waals surface area contributed by atoms with Gasteiger partial charge >= 0.3 is 0 Å². The van der Waals surface area contributed by atoms with Crippen molar-refractivity contribution in [2.75, 3.05) is 0 Å². The Balaban J connectivity index is 2.11. The fourth-order valence-electron chi connectivity index (χ4n) is 2.03. The summed E-state index contributed by atoms with van der Waals surface area (Å²) < 4.78 is 27.1. The second-order valence-electron chi connectivity index (χ2n) is 4.37. The van der Waals surface area contributed by atoms with Crippen LogP contribution in [-0.4, -0.2) is 25.5 Å². The highest BCUT2D eigenvalue weighted by Gasteiger charge is 2.28. The average molecular weight is 275 g/mol. The molecule has 1 heterocycles. The van der Waals surface area contributed by atoms with Gasteiger partial charge in [-0.05, 0) is 19.8 Å². The van der Waals surface area contributed by atoms with Crippen molar-refractivity contribution in [1.29, 1.82) is 0 Å². The Morgan fingerprint density at radius 1 is 1.47 bits per heavy atom. The predicted molar refractivity (Wildman–Crippen MR) is 67.4 cm³/mol. The van der Waals surface area contributed by atoms with Gasteiger partial charge in [0.15, 0.2) is 4.21 Å². The number of nitrogens with two attached hydrogens (primary N) is 1. The minimum Gasteiger partial charge on any atom is -0.326 e. The van der Waals surface area contributed by atoms with Crippen molar-refractivity contribution in [3.8, 4) is 0 Å². The maximum absolute atomic E-state index is 12.1. The number of rotatable bonds is 3. The molecule has 1 aliphatic carbocycles. The lowest BCUT2D eigenvalue weighted by atomic mass is 9.92. The first kappa shape index (κ1) is 12.9. The smallest absolute Gasteiger partial charge is 0.251 e. The zero-order chi connectivity index (χ0) is 12.5. The average Bonchev–Trinajstić information content (AvgIpc) is 2.69. The van der Waals surface area contributed by atoms with Gasteiger partial charge in [0.1, 0.15) is 0 Å². The van der Waals surface area contributed by atoms with Crippen LogP contribution in [0.5, 0.6) is 0 Å². The third-order valence-corrected chi connectivity index (χ3v) is 5.85. The van der Waals surface area contributed by atoms with E-state index < -0.39 is 10.0 Å². The number of thiazole rings is 1. The number of nitrogens with one attached hydrogen (secondary N) is 1. The van der Waals surface area contributed by atoms with Gasteiger partial charge in [-0.25, -0.2) is 18.1 Å². The van der Waals surface area contributed by atoms with Gasteiger partial charge in [-0.1, -0.05) is 12.8 Å². The molecule has 2 unspecified atom stereocenters. The number of sulfonamides is 1. The molecule has 17 heavy (non-hydrogen) atoms. The van der Waals surface area contributed by atoms with Crippen LogP contribution >= 0.6 is 11.3 Å². The van der Waals surface area contributed by atoms with Crippen LogP contribution in [0.2, 0.25) is 0 Å². The van der Waals surface area contributed by atoms with Gasteiger partial charge in [-0.15, -0.1) is 11.3 Å². The van der Waals surface area contributed by atoms with E-state index in [4.69, 9.17) is 5.73 Å². The first-order valence-corrected chi connectivity index (χ1v) is 7.99. The normalized spacial score (nSPS) is 26.0. The molecule has 1 aromatic heterocycles. The summed E-state index contributed by atoms with van der Waals surface area (Å²) in [7, 11) is -3.45. The Morgan fingerprint density at radius 3 is 2.76 bits per heavy atom. The van der Waals surface area contributed by atoms with Gasteiger partial charge < -0.3 is 5.73 Å². The summed E-state index contributed by atoms with van der Waals surface area (Å²) in [5.74, 6) is 0. The monoisotopic (exact) mass is 275 g/mol. The summed E-state index contributed by atoms with van der Waals surface area (Å²) in [5.41, 5.74) is 5.93. The van der Waals surface area contributed by atoms with Gasteiger partial charge in [-0.2, -0.15) is 0 Å². The van der Waals surface area contributed by atoms with Crippen molar-refractivity contribution < 1.29 is 8.42 Å². The fourth-order valence-corrected chi connectivity index (χ4v) is 4.48. The molecule has 96 valence electrons. The molecule has 1 saturated carbocycles. The zero-order valence-electron chi connectivity index (χ0n) is 9.72. The molecule has 0 radical (unpaired) electrons. The number of aromatic nitrogens is 1. The summed E-state index contributed by atoms with van der Waals surface area (Å²) in [4.78, 5) is 3.96. The Hall–Kier alpha value is -0.500. The van der Waals surface area contributed by atoms with Crippen molar-refractivity contribution in [3.05, 3.63) is 11.2 Å². The molecule has 0 amide bonds. The molecule has 0 aromatic carbocycles. The molecule has 7 heteroatoms. The van der Waals surface area contributed by atoms with Crippen LogP contribution in [0.15, 0.2) is 10.4 Å². The summed E-state index contributed by atoms with van der Waals surface area (Å²) >= 11 is 1.18. The highest BCUT2D eigenvalue weighted by atomic mass is 32.2. The van der Waals surface area contributed by atoms with Crippen LogP contribution in [0.3, 0.4) is 0 Å². The second-order valence-corrected chi connectivity index (χ2v) is 7.55. The van der Waals surface area contributed by atoms with Crippen LogP contribution in [0.1, 0.15) is 30.7 Å². The molecule has 0 saturated heterocycles. The van der Waals surface area contributed by atoms with Gasteiger partial charge in [-0.3, -0.25) is 0 Å². The van der Waals surface area contributed by atoms with Crippen LogP contribution < -0.4 is 10.5 Å². The number of aryl methyl sites for hydroxylation is 1. The topological polar surface area (TPSA) is 85.1 Å². The lowest BCUT2D eigenvalue weighted by Crippen LogP contribution is -2.49. The molecule has 2 atom stereocenters. The Morgan fingerprint density at radius 2 is 2.18 bits per heavy atom. The largest absolute Gasteiger partial charge is 0.326 e. The van der Waals surface area contributed by atoms with E-state index in [0.29, 0.717) is 0 Å². The SMILES string of the molecule is Cc1ncc(S(=O)(=O)NC2CCCCC2N)s1. The lowest BCUT2D eigenvalue weighted by Gasteiger charge is -2.28. The van der Waals surface area contributed by atoms with Crippen molar-refractivity contribution in [2.45, 2.75) is 48.9 Å². The summed E-state index contributed by atoms with van der Waals surface area (Å²) in [6.45, 7) is 1.79. The van der Waals surface area contributed by atoms with E-state index in [9.17, 15) is 8.42 Å². The first-order chi connectivity index (χ1) is 7.99. The minimum absolute atomic E-state index is 0.0763. The summed E-state index contributed by atoms with van der Waals surface area (Å²) in [6, 6.07) is -0.219. The number of hydrogen-bond acceptors (Lipinski definition) is 5. The van der Waals surface area contributed by atoms with Crippen molar-refractivity contribution in [2.24, 2.45) is 5.73 Å². The van der Waals surface area contributed by atoms with Crippen LogP contribution in [0.25, 0.3) is 0 Å². The van der Waals surface area contributed by atoms with E-state index in [2.05, 4.69) is 9.71 Å². The van der Waals surface area contributed by atoms with E-state index >= 15 is 0 Å². The van der Waals surface area contributed by atoms with Gasteiger partial charge in [0.2, 0.25) is 0 Å². The number of hydrogen-bond donors (Lipinski definition) is 2. The van der Waals surface area contributed by atoms with Gasteiger partial charge in [0, 0.05) is 12.1 Å². The molecule has 1 fully saturated rings. The molecule has 0 bridgehead atoms. The predicted octanol–water partition coefficient (Wildman–Crippen LogP) is 1.000. The van der Waals surface area contributed by atoms with Crippen molar-refractivity contribution >= 4 is 21.4 Å². The minimum atomic E-state index is -3.45. The first-order valence-electron chi connectivity index (χ1n) is 5.69. The van der Waals surface area contributed by atoms with E-state index in [0.717, 1.165) is 30.7 Å². The summed E-state index contributed by atoms with van der Waals surface area (Å²) in [6.07, 6.45) is 5.21. The van der Waals surface area contributed by atoms with Crippen LogP contribution in [0, 0.1) is 6.92 Å². The Kier molecular flexibility index (Phi) is 3.82. The highest BCUT2D eigenvalue weighted by molar-refractivity contribution is 7.91. The summed E-state index contributed by atoms with van der Waals surface area (Å²) in [5, 5.41) is 0.748. The Labute approximate surface area is 105 Å². The van der Waals surface area contributed by atoms with Crippen molar-refractivity contribution in [3.63, 3.8) is 0 Å². The molecule has 2 rings (SSSR count). The van der Waals surface area contributed by atoms with E-state index in [1.54, 1.807) is 6.92 Å². The van der Waals surface area contributed by atoms with Crippen molar-refractivity contribution in [1.82, 2.24) is 9.71 Å². The molecule has 0 spiro atoms. The third kappa shape index (κ3) is 3.04. The Bertz CT molecular complexity index is 483. The van der Waals surface area contributed by atoms with E-state index in [1.165, 1.54) is 17.5 Å². The van der Waals surface area contributed by atoms with Gasteiger partial charge in [0.25, 0.3) is 10.0 Å². The fraction of sp³-hybridized carbons (Fsp3) is 0.700. The van der Waals surface area contributed by atoms with Crippen LogP contribution in [-0.2, 0) is 10.0 Å². The highest BCUT2D eigenvalue weighted by Crippen LogP contribution is 2.22. The molecular weight excluding hydrogens is 258 g/mol. The molecular formula is C10H17N3O2S2. The van der Waals surface area contributed by atoms with Gasteiger partial charge in [0.05, 0.1) is 11.2 Å². The van der Waals surface area contributed by atoms with E-state index in [-0.39, 0.29) is 16.3 Å². The molecule has 0 aliphatic heterocycles. The zero-order valence-corrected chi connectivity index (χ0v) is 11.4. The second kappa shape index (κ2) is 5.01. The third-order valence-electron chi connectivity index (χ3n) is 2.99. The lowest BCUT2D eigenvalue weighted by molar-refractivity contribution is 0.361. The standard InChI is InChI=1S/C10H17N3O2S2/c1-7-12-6-10(16-7)17(14,15)13-9-5-3-2-4-8(9)11/h6,8-9,13H,2-5,11H2,1H3. The molecule has 1 aliphatic rings. The van der Waals surface area contributed by atoms with E-state index in [1.807, 2.05) is 0 Å². The molecule has 3 N–H and O–H groups in total. The quantitative estimate of drug-likeness (QED) is 0.862. The number of nitrogens with zero attached hydrogens (tertiary/aromatic N) is 1. The molecule has 5 nitrogen and oxygen atoms in total.